The van der Waals surface area contributed by atoms with Gasteiger partial charge in [0.1, 0.15) is 5.54 Å². The highest BCUT2D eigenvalue weighted by Crippen LogP contribution is 2.41. The van der Waals surface area contributed by atoms with Crippen LogP contribution in [0.4, 0.5) is 0 Å². The molecule has 2 amide bonds. The molecule has 2 fully saturated rings. The van der Waals surface area contributed by atoms with Crippen LogP contribution < -0.4 is 5.32 Å². The van der Waals surface area contributed by atoms with Gasteiger partial charge in [0.15, 0.2) is 0 Å². The lowest BCUT2D eigenvalue weighted by molar-refractivity contribution is -0.171. The van der Waals surface area contributed by atoms with Crippen molar-refractivity contribution in [3.05, 3.63) is 160 Å². The third-order valence-corrected chi connectivity index (χ3v) is 11.9. The van der Waals surface area contributed by atoms with Crippen molar-refractivity contribution in [1.82, 2.24) is 24.8 Å². The standard InChI is InChI=1S/C44H48BrN5O3/c1-48(53-2)43(52)41(46-28-40-26-33-14-12-13-15-34(33)29-50(40)42(51)32-22-24-38(45)25-23-32)27-39-30-49(31-47-39)44(35-16-6-3-7-17-35,36-18-8-4-9-19-36)37-20-10-5-11-21-37/h3-11,16-25,30-31,33-34,40-41,46H,12-15,26-29H2,1-2H3/t33-,34-,40+,41?/m0/s1. The number of fused-ring (bicyclic) bond motifs is 1. The Morgan fingerprint density at radius 2 is 1.43 bits per heavy atom. The van der Waals surface area contributed by atoms with Crippen molar-refractivity contribution >= 4 is 27.7 Å². The van der Waals surface area contributed by atoms with Gasteiger partial charge in [-0.05, 0) is 65.6 Å². The van der Waals surface area contributed by atoms with Crippen LogP contribution in [0.15, 0.2) is 132 Å². The summed E-state index contributed by atoms with van der Waals surface area (Å²) < 4.78 is 3.12. The van der Waals surface area contributed by atoms with E-state index in [1.54, 1.807) is 7.05 Å². The second-order valence-corrected chi connectivity index (χ2v) is 15.3. The van der Waals surface area contributed by atoms with E-state index in [4.69, 9.17) is 9.82 Å². The first-order chi connectivity index (χ1) is 25.9. The molecule has 8 nitrogen and oxygen atoms in total. The summed E-state index contributed by atoms with van der Waals surface area (Å²) in [5, 5.41) is 4.89. The number of rotatable bonds is 12. The Morgan fingerprint density at radius 3 is 2.00 bits per heavy atom. The average Bonchev–Trinajstić information content (AvgIpc) is 3.68. The number of hydroxylamine groups is 2. The number of likely N-dealkylation sites (N-methyl/N-ethyl adjacent to an activating group) is 1. The number of piperidine rings is 1. The predicted octanol–water partition coefficient (Wildman–Crippen LogP) is 7.73. The fraction of sp³-hybridized carbons (Fsp3) is 0.341. The van der Waals surface area contributed by atoms with Crippen LogP contribution in [-0.2, 0) is 21.6 Å². The smallest absolute Gasteiger partial charge is 0.263 e. The number of imidazole rings is 1. The van der Waals surface area contributed by atoms with Crippen molar-refractivity contribution in [2.24, 2.45) is 11.8 Å². The van der Waals surface area contributed by atoms with Gasteiger partial charge in [0.2, 0.25) is 0 Å². The molecule has 274 valence electrons. The number of nitrogens with one attached hydrogen (secondary N) is 1. The van der Waals surface area contributed by atoms with E-state index in [0.29, 0.717) is 30.4 Å². The first-order valence-corrected chi connectivity index (χ1v) is 19.5. The molecule has 53 heavy (non-hydrogen) atoms. The van der Waals surface area contributed by atoms with Crippen molar-refractivity contribution in [1.29, 1.82) is 0 Å². The highest BCUT2D eigenvalue weighted by Gasteiger charge is 2.41. The van der Waals surface area contributed by atoms with Crippen molar-refractivity contribution in [2.75, 3.05) is 27.2 Å². The number of carbonyl (C=O) groups is 2. The van der Waals surface area contributed by atoms with Crippen LogP contribution in [0.5, 0.6) is 0 Å². The zero-order valence-electron chi connectivity index (χ0n) is 30.5. The monoisotopic (exact) mass is 773 g/mol. The summed E-state index contributed by atoms with van der Waals surface area (Å²) >= 11 is 3.51. The molecule has 1 aliphatic heterocycles. The zero-order valence-corrected chi connectivity index (χ0v) is 32.1. The van der Waals surface area contributed by atoms with Gasteiger partial charge in [-0.1, -0.05) is 126 Å². The van der Waals surface area contributed by atoms with E-state index in [1.807, 2.05) is 48.8 Å². The van der Waals surface area contributed by atoms with Gasteiger partial charge in [-0.25, -0.2) is 10.0 Å². The summed E-state index contributed by atoms with van der Waals surface area (Å²) in [5.74, 6) is 0.945. The topological polar surface area (TPSA) is 79.7 Å². The van der Waals surface area contributed by atoms with E-state index >= 15 is 0 Å². The van der Waals surface area contributed by atoms with Gasteiger partial charge < -0.3 is 14.8 Å². The minimum Gasteiger partial charge on any atom is -0.334 e. The first-order valence-electron chi connectivity index (χ1n) is 18.7. The predicted molar refractivity (Wildman–Crippen MR) is 211 cm³/mol. The molecule has 0 radical (unpaired) electrons. The SMILES string of the molecule is CON(C)C(=O)C(Cc1cn(C(c2ccccc2)(c2ccccc2)c2ccccc2)cn1)NC[C@H]1C[C@@H]2CCCC[C@H]2CN1C(=O)c1ccc(Br)cc1. The van der Waals surface area contributed by atoms with E-state index in [0.717, 1.165) is 46.2 Å². The molecule has 2 heterocycles. The number of hydrogen-bond donors (Lipinski definition) is 1. The number of carbonyl (C=O) groups excluding carboxylic acids is 2. The molecule has 4 aromatic carbocycles. The Kier molecular flexibility index (Phi) is 11.5. The van der Waals surface area contributed by atoms with E-state index < -0.39 is 11.6 Å². The normalized spacial score (nSPS) is 19.3. The van der Waals surface area contributed by atoms with Gasteiger partial charge in [0.05, 0.1) is 25.2 Å². The van der Waals surface area contributed by atoms with Crippen LogP contribution in [0.1, 0.15) is 64.8 Å². The maximum absolute atomic E-state index is 14.0. The Morgan fingerprint density at radius 1 is 0.868 bits per heavy atom. The van der Waals surface area contributed by atoms with Crippen LogP contribution in [0.3, 0.4) is 0 Å². The minimum atomic E-state index is -0.711. The largest absolute Gasteiger partial charge is 0.334 e. The van der Waals surface area contributed by atoms with Crippen LogP contribution >= 0.6 is 15.9 Å². The summed E-state index contributed by atoms with van der Waals surface area (Å²) in [5.41, 5.74) is 4.03. The van der Waals surface area contributed by atoms with Gasteiger partial charge >= 0.3 is 0 Å². The maximum Gasteiger partial charge on any atom is 0.263 e. The van der Waals surface area contributed by atoms with E-state index in [9.17, 15) is 9.59 Å². The number of likely N-dealkylation sites (tertiary alicyclic amines) is 1. The van der Waals surface area contributed by atoms with Crippen LogP contribution in [0.2, 0.25) is 0 Å². The summed E-state index contributed by atoms with van der Waals surface area (Å²) in [7, 11) is 3.14. The molecular formula is C44H48BrN5O3. The van der Waals surface area contributed by atoms with Gasteiger partial charge in [-0.2, -0.15) is 0 Å². The lowest BCUT2D eigenvalue weighted by atomic mass is 9.72. The van der Waals surface area contributed by atoms with E-state index in [2.05, 4.69) is 110 Å². The summed E-state index contributed by atoms with van der Waals surface area (Å²) in [6.07, 6.45) is 10.0. The van der Waals surface area contributed by atoms with Crippen LogP contribution in [0.25, 0.3) is 0 Å². The molecule has 1 unspecified atom stereocenters. The lowest BCUT2D eigenvalue weighted by Gasteiger charge is -2.46. The van der Waals surface area contributed by atoms with Gasteiger partial charge in [-0.3, -0.25) is 14.4 Å². The Labute approximate surface area is 321 Å². The number of aromatic nitrogens is 2. The molecule has 5 aromatic rings. The molecule has 1 aliphatic carbocycles. The number of halogens is 1. The molecular weight excluding hydrogens is 726 g/mol. The van der Waals surface area contributed by atoms with Crippen molar-refractivity contribution in [2.45, 2.75) is 56.1 Å². The third kappa shape index (κ3) is 7.74. The molecule has 1 saturated heterocycles. The van der Waals surface area contributed by atoms with Crippen molar-refractivity contribution in [3.8, 4) is 0 Å². The maximum atomic E-state index is 14.0. The second-order valence-electron chi connectivity index (χ2n) is 14.4. The summed E-state index contributed by atoms with van der Waals surface area (Å²) in [4.78, 5) is 40.4. The molecule has 2 aliphatic rings. The highest BCUT2D eigenvalue weighted by molar-refractivity contribution is 9.10. The van der Waals surface area contributed by atoms with Crippen LogP contribution in [0, 0.1) is 11.8 Å². The first kappa shape index (κ1) is 36.8. The lowest BCUT2D eigenvalue weighted by Crippen LogP contribution is -2.56. The molecule has 1 saturated carbocycles. The van der Waals surface area contributed by atoms with Gasteiger partial charge in [0, 0.05) is 48.8 Å². The summed E-state index contributed by atoms with van der Waals surface area (Å²) in [6.45, 7) is 1.23. The molecule has 0 bridgehead atoms. The van der Waals surface area contributed by atoms with Gasteiger partial charge in [-0.15, -0.1) is 0 Å². The van der Waals surface area contributed by atoms with E-state index in [1.165, 1.54) is 31.4 Å². The molecule has 4 atom stereocenters. The zero-order chi connectivity index (χ0) is 36.8. The molecule has 1 aromatic heterocycles. The fourth-order valence-electron chi connectivity index (χ4n) is 8.60. The van der Waals surface area contributed by atoms with Crippen molar-refractivity contribution < 1.29 is 14.4 Å². The third-order valence-electron chi connectivity index (χ3n) is 11.4. The number of nitrogens with zero attached hydrogens (tertiary/aromatic N) is 4. The van der Waals surface area contributed by atoms with Crippen LogP contribution in [-0.4, -0.2) is 70.7 Å². The van der Waals surface area contributed by atoms with Crippen molar-refractivity contribution in [3.63, 3.8) is 0 Å². The molecule has 0 spiro atoms. The number of benzene rings is 4. The highest BCUT2D eigenvalue weighted by atomic mass is 79.9. The quantitative estimate of drug-likeness (QED) is 0.104. The molecule has 9 heteroatoms. The van der Waals surface area contributed by atoms with E-state index in [-0.39, 0.29) is 17.9 Å². The molecule has 7 rings (SSSR count). The molecule has 1 N–H and O–H groups in total. The average molecular weight is 775 g/mol. The minimum absolute atomic E-state index is 0.0445. The Hall–Kier alpha value is -4.57. The Balaban J connectivity index is 1.20. The fourth-order valence-corrected chi connectivity index (χ4v) is 8.86. The number of amides is 2. The second kappa shape index (κ2) is 16.6. The Bertz CT molecular complexity index is 1860. The summed E-state index contributed by atoms with van der Waals surface area (Å²) in [6, 6.07) is 38.4. The van der Waals surface area contributed by atoms with Gasteiger partial charge in [0.25, 0.3) is 11.8 Å². The number of hydrogen-bond acceptors (Lipinski definition) is 5.